The van der Waals surface area contributed by atoms with Gasteiger partial charge in [-0.3, -0.25) is 0 Å². The Morgan fingerprint density at radius 2 is 2.38 bits per heavy atom. The van der Waals surface area contributed by atoms with Crippen molar-refractivity contribution in [2.45, 2.75) is 18.8 Å². The summed E-state index contributed by atoms with van der Waals surface area (Å²) in [6, 6.07) is 3.23. The molecule has 1 amide bonds. The fourth-order valence-electron chi connectivity index (χ4n) is 2.18. The Kier molecular flexibility index (Phi) is 2.32. The molecule has 5 nitrogen and oxygen atoms in total. The van der Waals surface area contributed by atoms with Gasteiger partial charge in [0.05, 0.1) is 8.78 Å². The minimum absolute atomic E-state index is 0.0938. The van der Waals surface area contributed by atoms with Crippen molar-refractivity contribution in [3.05, 3.63) is 35.5 Å². The number of hydrogen-bond acceptors (Lipinski definition) is 3. The number of hydrogen-bond donors (Lipinski definition) is 2. The molecular weight excluding hydrogens is 266 g/mol. The molecule has 1 saturated heterocycles. The van der Waals surface area contributed by atoms with Crippen molar-refractivity contribution in [2.24, 2.45) is 0 Å². The van der Waals surface area contributed by atoms with Crippen LogP contribution in [0.15, 0.2) is 24.4 Å². The van der Waals surface area contributed by atoms with E-state index in [1.807, 2.05) is 0 Å². The molecule has 112 valence electrons. The van der Waals surface area contributed by atoms with Gasteiger partial charge in [0.1, 0.15) is 6.56 Å². The molecule has 0 saturated carbocycles. The van der Waals surface area contributed by atoms with E-state index < -0.39 is 31.6 Å². The summed E-state index contributed by atoms with van der Waals surface area (Å²) in [5, 5.41) is 2.85. The molecule has 0 spiro atoms. The largest absolute Gasteiger partial charge is 0.447 e. The van der Waals surface area contributed by atoms with E-state index in [2.05, 4.69) is 15.0 Å². The number of fused-ring (bicyclic) bond motifs is 1. The van der Waals surface area contributed by atoms with Crippen LogP contribution in [0.25, 0.3) is 10.9 Å². The fraction of sp³-hybridized carbons (Fsp3) is 0.438. The first kappa shape index (κ1) is 8.44. The lowest BCUT2D eigenvalue weighted by Gasteiger charge is -2.09. The Balaban J connectivity index is 2.01. The topological polar surface area (TPSA) is 57.4 Å². The predicted octanol–water partition coefficient (Wildman–Crippen LogP) is 1.92. The van der Waals surface area contributed by atoms with Gasteiger partial charge in [-0.1, -0.05) is 6.07 Å². The molecule has 2 N–H and O–H groups in total. The molecule has 5 heteroatoms. The Bertz CT molecular complexity index is 880. The number of ether oxygens (including phenoxy) is 1. The number of likely N-dealkylation sites (N-methyl/N-ethyl adjacent to an activating group) is 1. The third-order valence-corrected chi connectivity index (χ3v) is 3.20. The Hall–Kier alpha value is -2.01. The summed E-state index contributed by atoms with van der Waals surface area (Å²) in [7, 11) is 3.29. The molecule has 1 aliphatic rings. The lowest BCUT2D eigenvalue weighted by Crippen LogP contribution is -2.28. The number of aromatic nitrogens is 1. The first-order valence-corrected chi connectivity index (χ1v) is 6.62. The summed E-state index contributed by atoms with van der Waals surface area (Å²) in [6.45, 7) is -4.08. The van der Waals surface area contributed by atoms with Gasteiger partial charge in [0.25, 0.3) is 0 Å². The van der Waals surface area contributed by atoms with Gasteiger partial charge in [0.2, 0.25) is 0 Å². The number of benzene rings is 1. The van der Waals surface area contributed by atoms with Gasteiger partial charge in [-0.15, -0.1) is 0 Å². The number of cyclic esters (lactones) is 1. The first-order chi connectivity index (χ1) is 12.3. The van der Waals surface area contributed by atoms with Crippen LogP contribution in [0.3, 0.4) is 0 Å². The van der Waals surface area contributed by atoms with Gasteiger partial charge in [0.15, 0.2) is 0 Å². The maximum absolute atomic E-state index is 11.4. The number of rotatable bonds is 5. The standard InChI is InChI=1S/C16H21N3O2/c1-19(2)6-5-12-9-17-15-4-3-11(8-14(12)15)7-13-10-21-16(20)18-13/h3-4,8-9,13,17H,5-7,10H2,1-2H3,(H,18,20)/t13-/m0/s1/i6D2,7D2,10D2. The smallest absolute Gasteiger partial charge is 0.407 e. The van der Waals surface area contributed by atoms with Gasteiger partial charge in [0, 0.05) is 29.1 Å². The summed E-state index contributed by atoms with van der Waals surface area (Å²) in [5.74, 6) is 0. The molecule has 21 heavy (non-hydrogen) atoms. The molecule has 1 aromatic heterocycles. The average Bonchev–Trinajstić information content (AvgIpc) is 3.06. The molecule has 3 rings (SSSR count). The van der Waals surface area contributed by atoms with Gasteiger partial charge < -0.3 is 19.9 Å². The fourth-order valence-corrected chi connectivity index (χ4v) is 2.18. The zero-order valence-electron chi connectivity index (χ0n) is 17.9. The third-order valence-electron chi connectivity index (χ3n) is 3.20. The van der Waals surface area contributed by atoms with Crippen LogP contribution in [0, 0.1) is 0 Å². The summed E-state index contributed by atoms with van der Waals surface area (Å²) in [6.07, 6.45) is -1.46. The number of carbonyl (C=O) groups excluding carboxylic acids is 1. The van der Waals surface area contributed by atoms with E-state index in [9.17, 15) is 4.79 Å². The lowest BCUT2D eigenvalue weighted by molar-refractivity contribution is 0.177. The molecule has 1 aromatic carbocycles. The van der Waals surface area contributed by atoms with Crippen molar-refractivity contribution in [3.63, 3.8) is 0 Å². The van der Waals surface area contributed by atoms with Crippen LogP contribution in [0.1, 0.15) is 19.4 Å². The van der Waals surface area contributed by atoms with Crippen LogP contribution in [0.4, 0.5) is 4.79 Å². The van der Waals surface area contributed by atoms with Crippen LogP contribution < -0.4 is 5.32 Å². The quantitative estimate of drug-likeness (QED) is 0.885. The number of alkyl carbamates (subject to hydrolysis) is 1. The highest BCUT2D eigenvalue weighted by molar-refractivity contribution is 5.84. The second-order valence-corrected chi connectivity index (χ2v) is 5.03. The third kappa shape index (κ3) is 3.19. The maximum Gasteiger partial charge on any atom is 0.407 e. The van der Waals surface area contributed by atoms with Crippen LogP contribution >= 0.6 is 0 Å². The molecule has 1 atom stereocenters. The van der Waals surface area contributed by atoms with Gasteiger partial charge in [-0.25, -0.2) is 4.79 Å². The van der Waals surface area contributed by atoms with Crippen molar-refractivity contribution in [2.75, 3.05) is 27.2 Å². The number of nitrogens with one attached hydrogen (secondary N) is 2. The average molecular weight is 293 g/mol. The second kappa shape index (κ2) is 5.77. The highest BCUT2D eigenvalue weighted by Crippen LogP contribution is 2.21. The van der Waals surface area contributed by atoms with E-state index in [1.165, 1.54) is 11.0 Å². The molecule has 1 fully saturated rings. The molecule has 0 radical (unpaired) electrons. The van der Waals surface area contributed by atoms with E-state index in [0.717, 1.165) is 0 Å². The predicted molar refractivity (Wildman–Crippen MR) is 82.5 cm³/mol. The summed E-state index contributed by atoms with van der Waals surface area (Å²) in [4.78, 5) is 15.9. The first-order valence-electron chi connectivity index (χ1n) is 9.62. The number of aromatic amines is 1. The number of H-pyrrole nitrogens is 1. The molecule has 2 heterocycles. The van der Waals surface area contributed by atoms with Crippen molar-refractivity contribution in [1.82, 2.24) is 15.2 Å². The van der Waals surface area contributed by atoms with E-state index >= 15 is 0 Å². The van der Waals surface area contributed by atoms with Gasteiger partial charge >= 0.3 is 6.09 Å². The molecule has 1 aliphatic heterocycles. The van der Waals surface area contributed by atoms with Crippen LogP contribution in [0.2, 0.25) is 0 Å². The summed E-state index contributed by atoms with van der Waals surface area (Å²) >= 11 is 0. The van der Waals surface area contributed by atoms with Gasteiger partial charge in [-0.05, 0) is 50.1 Å². The molecule has 2 aromatic rings. The van der Waals surface area contributed by atoms with Crippen molar-refractivity contribution in [1.29, 1.82) is 0 Å². The minimum atomic E-state index is -2.49. The number of aryl methyl sites for hydroxylation is 1. The van der Waals surface area contributed by atoms with E-state index in [4.69, 9.17) is 8.22 Å². The molecular formula is C16H21N3O2. The monoisotopic (exact) mass is 293 g/mol. The number of carbonyl (C=O) groups is 1. The zero-order chi connectivity index (χ0) is 20.2. The number of amides is 1. The van der Waals surface area contributed by atoms with E-state index in [-0.39, 0.29) is 12.0 Å². The van der Waals surface area contributed by atoms with Gasteiger partial charge in [-0.2, -0.15) is 0 Å². The Morgan fingerprint density at radius 3 is 3.10 bits per heavy atom. The van der Waals surface area contributed by atoms with Crippen molar-refractivity contribution < 1.29 is 17.8 Å². The lowest BCUT2D eigenvalue weighted by atomic mass is 10.0. The summed E-state index contributed by atoms with van der Waals surface area (Å²) < 4.78 is 53.1. The molecule has 0 bridgehead atoms. The molecule has 0 aliphatic carbocycles. The van der Waals surface area contributed by atoms with Crippen molar-refractivity contribution >= 4 is 17.0 Å². The minimum Gasteiger partial charge on any atom is -0.447 e. The normalized spacial score (nSPS) is 26.2. The number of nitrogens with zero attached hydrogens (tertiary/aromatic N) is 1. The maximum atomic E-state index is 11.4. The highest BCUT2D eigenvalue weighted by Gasteiger charge is 2.22. The Morgan fingerprint density at radius 1 is 1.52 bits per heavy atom. The SMILES string of the molecule is [2H]C1([2H])OC(=O)N[C@H]1C([2H])([2H])c1ccc2[nH]cc(CC([2H])([2H])N(C)C)c2c1. The molecule has 0 unspecified atom stereocenters. The second-order valence-electron chi connectivity index (χ2n) is 5.03. The van der Waals surface area contributed by atoms with Crippen molar-refractivity contribution in [3.8, 4) is 0 Å². The van der Waals surface area contributed by atoms with E-state index in [0.29, 0.717) is 16.5 Å². The highest BCUT2D eigenvalue weighted by atomic mass is 16.6. The summed E-state index contributed by atoms with van der Waals surface area (Å²) in [5.41, 5.74) is 1.56. The van der Waals surface area contributed by atoms with Crippen LogP contribution in [-0.4, -0.2) is 49.2 Å². The zero-order valence-corrected chi connectivity index (χ0v) is 11.9. The van der Waals surface area contributed by atoms with Crippen LogP contribution in [0.5, 0.6) is 0 Å². The Labute approximate surface area is 132 Å². The van der Waals surface area contributed by atoms with Crippen LogP contribution in [-0.2, 0) is 17.5 Å². The van der Waals surface area contributed by atoms with E-state index in [1.54, 1.807) is 32.4 Å².